The van der Waals surface area contributed by atoms with Crippen molar-refractivity contribution in [2.24, 2.45) is 0 Å². The van der Waals surface area contributed by atoms with Crippen molar-refractivity contribution in [3.63, 3.8) is 0 Å². The second-order valence-electron chi connectivity index (χ2n) is 11.4. The number of ether oxygens (including phenoxy) is 2. The van der Waals surface area contributed by atoms with E-state index in [2.05, 4.69) is 9.47 Å². The summed E-state index contributed by atoms with van der Waals surface area (Å²) < 4.78 is 44.0. The van der Waals surface area contributed by atoms with Crippen LogP contribution in [0, 0.1) is 5.82 Å². The van der Waals surface area contributed by atoms with Crippen LogP contribution in [0.15, 0.2) is 60.7 Å². The Bertz CT molecular complexity index is 1740. The van der Waals surface area contributed by atoms with E-state index >= 15 is 4.39 Å². The van der Waals surface area contributed by atoms with Gasteiger partial charge in [0.2, 0.25) is 0 Å². The third-order valence-corrected chi connectivity index (χ3v) is 9.00. The fourth-order valence-corrected chi connectivity index (χ4v) is 6.49. The molecule has 4 aromatic rings. The van der Waals surface area contributed by atoms with E-state index in [-0.39, 0.29) is 28.2 Å². The number of piperidine rings is 1. The standard InChI is InChI=1S/C33H30ClF2N3O4/c34-21-5-6-24(26(35)15-21)30-16-27(36)25-3-1-2-23(32(25)43-30)19-8-11-38(12-9-19)18-31-37-28-7-4-20(33(40)41)14-29(28)39(31)17-22-10-13-42-22/h1-7,14-16,19,22,30H,8-13,17-18H2,(H,40,41)/t22-,30-/m0/s1. The van der Waals surface area contributed by atoms with E-state index in [1.165, 1.54) is 18.2 Å². The number of aromatic carboxylic acids is 1. The first-order valence-electron chi connectivity index (χ1n) is 14.5. The van der Waals surface area contributed by atoms with Crippen LogP contribution in [0.2, 0.25) is 5.02 Å². The SMILES string of the molecule is O=C(O)c1ccc2nc(CN3CCC(c4cccc5c4O[C@H](c4ccc(Cl)cc4F)C=C5F)CC3)n(C[C@@H]3CCO3)c2c1. The number of para-hydroxylation sites is 1. The largest absolute Gasteiger partial charge is 0.480 e. The molecular weight excluding hydrogens is 576 g/mol. The molecule has 0 spiro atoms. The molecule has 0 aliphatic carbocycles. The van der Waals surface area contributed by atoms with E-state index in [4.69, 9.17) is 26.1 Å². The average molecular weight is 606 g/mol. The Morgan fingerprint density at radius 2 is 1.86 bits per heavy atom. The van der Waals surface area contributed by atoms with Gasteiger partial charge < -0.3 is 19.1 Å². The van der Waals surface area contributed by atoms with Gasteiger partial charge in [0.15, 0.2) is 0 Å². The van der Waals surface area contributed by atoms with Gasteiger partial charge in [0.25, 0.3) is 0 Å². The monoisotopic (exact) mass is 605 g/mol. The van der Waals surface area contributed by atoms with Crippen molar-refractivity contribution < 1.29 is 28.2 Å². The van der Waals surface area contributed by atoms with Gasteiger partial charge >= 0.3 is 5.97 Å². The number of nitrogens with zero attached hydrogens (tertiary/aromatic N) is 3. The lowest BCUT2D eigenvalue weighted by Gasteiger charge is -2.34. The molecule has 2 saturated heterocycles. The fraction of sp³-hybridized carbons (Fsp3) is 0.333. The van der Waals surface area contributed by atoms with Crippen LogP contribution in [0.25, 0.3) is 16.9 Å². The third kappa shape index (κ3) is 5.41. The van der Waals surface area contributed by atoms with Crippen molar-refractivity contribution in [3.05, 3.63) is 99.6 Å². The van der Waals surface area contributed by atoms with Gasteiger partial charge in [-0.15, -0.1) is 0 Å². The van der Waals surface area contributed by atoms with Crippen LogP contribution >= 0.6 is 11.6 Å². The second-order valence-corrected chi connectivity index (χ2v) is 11.9. The minimum absolute atomic E-state index is 0.0965. The predicted octanol–water partition coefficient (Wildman–Crippen LogP) is 7.14. The molecule has 0 unspecified atom stereocenters. The molecule has 7 nitrogen and oxygen atoms in total. The van der Waals surface area contributed by atoms with E-state index in [0.717, 1.165) is 61.4 Å². The van der Waals surface area contributed by atoms with Crippen molar-refractivity contribution >= 4 is 34.4 Å². The van der Waals surface area contributed by atoms with Gasteiger partial charge in [0.1, 0.15) is 29.3 Å². The highest BCUT2D eigenvalue weighted by Crippen LogP contribution is 2.45. The molecule has 43 heavy (non-hydrogen) atoms. The molecule has 222 valence electrons. The number of carbonyl (C=O) groups is 1. The summed E-state index contributed by atoms with van der Waals surface area (Å²) in [6.45, 7) is 3.59. The van der Waals surface area contributed by atoms with Gasteiger partial charge in [-0.2, -0.15) is 0 Å². The number of fused-ring (bicyclic) bond motifs is 2. The first-order valence-corrected chi connectivity index (χ1v) is 14.9. The molecule has 7 rings (SSSR count). The lowest BCUT2D eigenvalue weighted by atomic mass is 9.86. The highest BCUT2D eigenvalue weighted by atomic mass is 35.5. The molecule has 2 fully saturated rings. The van der Waals surface area contributed by atoms with Crippen molar-refractivity contribution in [2.75, 3.05) is 19.7 Å². The van der Waals surface area contributed by atoms with E-state index in [9.17, 15) is 14.3 Å². The number of carboxylic acid groups (broad SMARTS) is 1. The quantitative estimate of drug-likeness (QED) is 0.241. The van der Waals surface area contributed by atoms with Crippen LogP contribution < -0.4 is 4.74 Å². The van der Waals surface area contributed by atoms with Crippen LogP contribution in [-0.2, 0) is 17.8 Å². The van der Waals surface area contributed by atoms with E-state index < -0.39 is 23.7 Å². The maximum Gasteiger partial charge on any atom is 0.335 e. The normalized spacial score (nSPS) is 20.8. The molecule has 4 heterocycles. The van der Waals surface area contributed by atoms with Crippen molar-refractivity contribution in [1.29, 1.82) is 0 Å². The molecule has 0 amide bonds. The Labute approximate surface area is 252 Å². The number of aromatic nitrogens is 2. The van der Waals surface area contributed by atoms with Crippen LogP contribution in [-0.4, -0.2) is 51.3 Å². The van der Waals surface area contributed by atoms with E-state index in [0.29, 0.717) is 24.4 Å². The molecular formula is C33H30ClF2N3O4. The zero-order valence-electron chi connectivity index (χ0n) is 23.3. The molecule has 2 atom stereocenters. The van der Waals surface area contributed by atoms with Crippen molar-refractivity contribution in [1.82, 2.24) is 14.5 Å². The van der Waals surface area contributed by atoms with Crippen LogP contribution in [0.5, 0.6) is 5.75 Å². The van der Waals surface area contributed by atoms with Crippen molar-refractivity contribution in [2.45, 2.75) is 50.5 Å². The van der Waals surface area contributed by atoms with Crippen LogP contribution in [0.4, 0.5) is 8.78 Å². The zero-order chi connectivity index (χ0) is 29.7. The summed E-state index contributed by atoms with van der Waals surface area (Å²) >= 11 is 5.93. The Morgan fingerprint density at radius 1 is 1.05 bits per heavy atom. The molecule has 0 saturated carbocycles. The first-order chi connectivity index (χ1) is 20.8. The molecule has 1 N–H and O–H groups in total. The summed E-state index contributed by atoms with van der Waals surface area (Å²) in [5.74, 6) is -0.438. The van der Waals surface area contributed by atoms with Gasteiger partial charge in [-0.1, -0.05) is 29.8 Å². The number of hydrogen-bond donors (Lipinski definition) is 1. The highest BCUT2D eigenvalue weighted by Gasteiger charge is 2.31. The predicted molar refractivity (Wildman–Crippen MR) is 159 cm³/mol. The van der Waals surface area contributed by atoms with E-state index in [1.807, 2.05) is 12.1 Å². The molecule has 3 aromatic carbocycles. The lowest BCUT2D eigenvalue weighted by molar-refractivity contribution is -0.0592. The van der Waals surface area contributed by atoms with Gasteiger partial charge in [0, 0.05) is 17.2 Å². The summed E-state index contributed by atoms with van der Waals surface area (Å²) in [5.41, 5.74) is 3.35. The van der Waals surface area contributed by atoms with Gasteiger partial charge in [-0.05, 0) is 86.3 Å². The minimum Gasteiger partial charge on any atom is -0.480 e. The van der Waals surface area contributed by atoms with Crippen LogP contribution in [0.3, 0.4) is 0 Å². The summed E-state index contributed by atoms with van der Waals surface area (Å²) in [6, 6.07) is 14.9. The van der Waals surface area contributed by atoms with E-state index in [1.54, 1.807) is 30.3 Å². The van der Waals surface area contributed by atoms with Gasteiger partial charge in [0.05, 0.1) is 41.4 Å². The second kappa shape index (κ2) is 11.4. The average Bonchev–Trinajstić information content (AvgIpc) is 3.31. The number of hydrogen-bond acceptors (Lipinski definition) is 5. The summed E-state index contributed by atoms with van der Waals surface area (Å²) in [7, 11) is 0. The molecule has 3 aliphatic rings. The summed E-state index contributed by atoms with van der Waals surface area (Å²) in [4.78, 5) is 18.8. The summed E-state index contributed by atoms with van der Waals surface area (Å²) in [6.07, 6.45) is 3.15. The number of rotatable bonds is 7. The Balaban J connectivity index is 1.10. The first kappa shape index (κ1) is 28.0. The maximum absolute atomic E-state index is 15.3. The molecule has 3 aliphatic heterocycles. The number of carboxylic acids is 1. The molecule has 0 radical (unpaired) electrons. The topological polar surface area (TPSA) is 76.8 Å². The Kier molecular flexibility index (Phi) is 7.41. The number of halogens is 3. The maximum atomic E-state index is 15.3. The third-order valence-electron chi connectivity index (χ3n) is 8.76. The Hall–Kier alpha value is -3.79. The van der Waals surface area contributed by atoms with Gasteiger partial charge in [-0.25, -0.2) is 18.6 Å². The number of likely N-dealkylation sites (tertiary alicyclic amines) is 1. The highest BCUT2D eigenvalue weighted by molar-refractivity contribution is 6.30. The molecule has 1 aromatic heterocycles. The number of benzene rings is 3. The van der Waals surface area contributed by atoms with Crippen LogP contribution in [0.1, 0.15) is 64.2 Å². The molecule has 0 bridgehead atoms. The summed E-state index contributed by atoms with van der Waals surface area (Å²) in [5, 5.41) is 9.80. The smallest absolute Gasteiger partial charge is 0.335 e. The zero-order valence-corrected chi connectivity index (χ0v) is 24.1. The van der Waals surface area contributed by atoms with Crippen molar-refractivity contribution in [3.8, 4) is 5.75 Å². The fourth-order valence-electron chi connectivity index (χ4n) is 6.33. The number of imidazole rings is 1. The lowest BCUT2D eigenvalue weighted by Crippen LogP contribution is -2.35. The minimum atomic E-state index is -0.967. The molecule has 10 heteroatoms. The Morgan fingerprint density at radius 3 is 2.58 bits per heavy atom. The van der Waals surface area contributed by atoms with Gasteiger partial charge in [-0.3, -0.25) is 4.90 Å².